The van der Waals surface area contributed by atoms with Crippen LogP contribution in [0, 0.1) is 0 Å². The molecule has 158 valence electrons. The number of unbranched alkanes of at least 4 members (excludes halogenated alkanes) is 12. The summed E-state index contributed by atoms with van der Waals surface area (Å²) in [7, 11) is 0. The van der Waals surface area contributed by atoms with Crippen molar-refractivity contribution < 1.29 is 19.5 Å². The second-order valence-corrected chi connectivity index (χ2v) is 7.66. The lowest BCUT2D eigenvalue weighted by atomic mass is 9.87. The van der Waals surface area contributed by atoms with Crippen LogP contribution in [0.15, 0.2) is 0 Å². The van der Waals surface area contributed by atoms with E-state index in [9.17, 15) is 19.5 Å². The van der Waals surface area contributed by atoms with Gasteiger partial charge in [0.25, 0.3) is 0 Å². The second-order valence-electron chi connectivity index (χ2n) is 7.66. The molecule has 0 saturated heterocycles. The van der Waals surface area contributed by atoms with E-state index in [-0.39, 0.29) is 19.3 Å². The highest BCUT2D eigenvalue weighted by Gasteiger charge is 2.41. The van der Waals surface area contributed by atoms with Gasteiger partial charge in [0.2, 0.25) is 5.91 Å². The number of rotatable bonds is 19. The van der Waals surface area contributed by atoms with Crippen molar-refractivity contribution in [1.29, 1.82) is 0 Å². The molecule has 0 aromatic carbocycles. The van der Waals surface area contributed by atoms with Gasteiger partial charge < -0.3 is 16.6 Å². The Bertz CT molecular complexity index is 440. The lowest BCUT2D eigenvalue weighted by Gasteiger charge is -2.22. The number of hydrogen-bond donors (Lipinski definition) is 3. The molecule has 0 aromatic rings. The minimum Gasteiger partial charge on any atom is -0.480 e. The Morgan fingerprint density at radius 1 is 0.741 bits per heavy atom. The maximum absolute atomic E-state index is 12.2. The highest BCUT2D eigenvalue weighted by atomic mass is 16.4. The summed E-state index contributed by atoms with van der Waals surface area (Å²) >= 11 is 0. The maximum Gasteiger partial charge on any atom is 0.331 e. The molecule has 6 nitrogen and oxygen atoms in total. The molecule has 0 aliphatic rings. The molecule has 0 saturated carbocycles. The predicted molar refractivity (Wildman–Crippen MR) is 108 cm³/mol. The molecule has 0 aliphatic carbocycles. The highest BCUT2D eigenvalue weighted by molar-refractivity contribution is 6.07. The van der Waals surface area contributed by atoms with Gasteiger partial charge in [-0.05, 0) is 12.8 Å². The van der Waals surface area contributed by atoms with Crippen LogP contribution in [-0.4, -0.2) is 28.3 Å². The fourth-order valence-corrected chi connectivity index (χ4v) is 3.21. The smallest absolute Gasteiger partial charge is 0.331 e. The van der Waals surface area contributed by atoms with Crippen LogP contribution >= 0.6 is 0 Å². The quantitative estimate of drug-likeness (QED) is 0.229. The molecule has 0 spiro atoms. The molecule has 1 atom stereocenters. The number of nitrogens with two attached hydrogens (primary N) is 2. The minimum atomic E-state index is -1.99. The van der Waals surface area contributed by atoms with Gasteiger partial charge in [-0.15, -0.1) is 0 Å². The van der Waals surface area contributed by atoms with Gasteiger partial charge in [0.15, 0.2) is 11.3 Å². The van der Waals surface area contributed by atoms with Crippen LogP contribution in [-0.2, 0) is 14.4 Å². The number of carboxylic acid groups (broad SMARTS) is 1. The van der Waals surface area contributed by atoms with Gasteiger partial charge in [-0.2, -0.15) is 0 Å². The van der Waals surface area contributed by atoms with Gasteiger partial charge in [0.05, 0.1) is 0 Å². The number of ketones is 1. The maximum atomic E-state index is 12.2. The monoisotopic (exact) mass is 384 g/mol. The predicted octanol–water partition coefficient (Wildman–Crippen LogP) is 4.08. The van der Waals surface area contributed by atoms with E-state index in [1.807, 2.05) is 0 Å². The number of primary amides is 1. The largest absolute Gasteiger partial charge is 0.480 e. The van der Waals surface area contributed by atoms with E-state index < -0.39 is 23.2 Å². The summed E-state index contributed by atoms with van der Waals surface area (Å²) in [6.07, 6.45) is 15.3. The van der Waals surface area contributed by atoms with Gasteiger partial charge in [0, 0.05) is 12.8 Å². The molecule has 1 unspecified atom stereocenters. The first-order chi connectivity index (χ1) is 12.8. The molecular weight excluding hydrogens is 344 g/mol. The molecule has 0 rings (SSSR count). The van der Waals surface area contributed by atoms with Crippen molar-refractivity contribution in [2.24, 2.45) is 11.5 Å². The molecule has 27 heavy (non-hydrogen) atoms. The number of hydrogen-bond acceptors (Lipinski definition) is 4. The van der Waals surface area contributed by atoms with Crippen molar-refractivity contribution in [1.82, 2.24) is 0 Å². The highest BCUT2D eigenvalue weighted by Crippen LogP contribution is 2.17. The zero-order valence-corrected chi connectivity index (χ0v) is 17.1. The summed E-state index contributed by atoms with van der Waals surface area (Å²) in [4.78, 5) is 34.3. The lowest BCUT2D eigenvalue weighted by Crippen LogP contribution is -2.55. The van der Waals surface area contributed by atoms with Crippen LogP contribution in [0.2, 0.25) is 0 Å². The number of carboxylic acids is 1. The normalized spacial score (nSPS) is 13.3. The van der Waals surface area contributed by atoms with Crippen LogP contribution < -0.4 is 11.5 Å². The summed E-state index contributed by atoms with van der Waals surface area (Å²) < 4.78 is 0. The fourth-order valence-electron chi connectivity index (χ4n) is 3.21. The Morgan fingerprint density at radius 2 is 1.15 bits per heavy atom. The van der Waals surface area contributed by atoms with Crippen LogP contribution in [0.3, 0.4) is 0 Å². The molecule has 0 aromatic heterocycles. The third-order valence-corrected chi connectivity index (χ3v) is 5.15. The average Bonchev–Trinajstić information content (AvgIpc) is 2.63. The van der Waals surface area contributed by atoms with E-state index in [0.29, 0.717) is 6.42 Å². The minimum absolute atomic E-state index is 0.138. The standard InChI is InChI=1S/C21H40N2O4/c1-2-3-4-5-6-7-8-9-10-11-12-13-14-15-18(24)21(23,20(26)27)17-16-19(22)25/h2-17,23H2,1H3,(H2,22,25)(H,26,27). The van der Waals surface area contributed by atoms with Crippen molar-refractivity contribution in [3.8, 4) is 0 Å². The van der Waals surface area contributed by atoms with Gasteiger partial charge in [-0.3, -0.25) is 9.59 Å². The number of amides is 1. The van der Waals surface area contributed by atoms with E-state index >= 15 is 0 Å². The third-order valence-electron chi connectivity index (χ3n) is 5.15. The van der Waals surface area contributed by atoms with Gasteiger partial charge in [0.1, 0.15) is 0 Å². The molecule has 0 fully saturated rings. The first-order valence-electron chi connectivity index (χ1n) is 10.7. The summed E-state index contributed by atoms with van der Waals surface area (Å²) in [6, 6.07) is 0. The van der Waals surface area contributed by atoms with Gasteiger partial charge in [-0.1, -0.05) is 84.0 Å². The Balaban J connectivity index is 3.71. The third kappa shape index (κ3) is 12.6. The van der Waals surface area contributed by atoms with E-state index in [4.69, 9.17) is 11.5 Å². The van der Waals surface area contributed by atoms with Gasteiger partial charge in [-0.25, -0.2) is 4.79 Å². The van der Waals surface area contributed by atoms with Gasteiger partial charge >= 0.3 is 5.97 Å². The first kappa shape index (κ1) is 25.6. The summed E-state index contributed by atoms with van der Waals surface area (Å²) in [5, 5.41) is 9.22. The summed E-state index contributed by atoms with van der Waals surface area (Å²) in [5.41, 5.74) is 8.76. The summed E-state index contributed by atoms with van der Waals surface area (Å²) in [5.74, 6) is -2.55. The van der Waals surface area contributed by atoms with E-state index in [1.54, 1.807) is 0 Å². The molecule has 0 bridgehead atoms. The number of carbonyl (C=O) groups is 3. The van der Waals surface area contributed by atoms with E-state index in [2.05, 4.69) is 6.92 Å². The lowest BCUT2D eigenvalue weighted by molar-refractivity contribution is -0.148. The van der Waals surface area contributed by atoms with E-state index in [1.165, 1.54) is 57.8 Å². The average molecular weight is 385 g/mol. The SMILES string of the molecule is CCCCCCCCCCCCCCCC(=O)C(N)(CCC(N)=O)C(=O)O. The Labute approximate surface area is 164 Å². The van der Waals surface area contributed by atoms with Crippen molar-refractivity contribution in [2.45, 2.75) is 115 Å². The van der Waals surface area contributed by atoms with E-state index in [0.717, 1.165) is 19.3 Å². The zero-order valence-electron chi connectivity index (χ0n) is 17.1. The Kier molecular flexibility index (Phi) is 14.8. The molecule has 0 aliphatic heterocycles. The van der Waals surface area contributed by atoms with Crippen LogP contribution in [0.4, 0.5) is 0 Å². The van der Waals surface area contributed by atoms with Crippen LogP contribution in [0.1, 0.15) is 110 Å². The molecule has 1 amide bonds. The first-order valence-corrected chi connectivity index (χ1v) is 10.7. The zero-order chi connectivity index (χ0) is 20.5. The summed E-state index contributed by atoms with van der Waals surface area (Å²) in [6.45, 7) is 2.23. The second kappa shape index (κ2) is 15.6. The van der Waals surface area contributed by atoms with Crippen molar-refractivity contribution in [3.05, 3.63) is 0 Å². The van der Waals surface area contributed by atoms with Crippen molar-refractivity contribution in [3.63, 3.8) is 0 Å². The molecule has 0 radical (unpaired) electrons. The Hall–Kier alpha value is -1.43. The Morgan fingerprint density at radius 3 is 1.52 bits per heavy atom. The molecule has 6 heteroatoms. The molecular formula is C21H40N2O4. The molecule has 0 heterocycles. The number of aliphatic carboxylic acids is 1. The van der Waals surface area contributed by atoms with Crippen LogP contribution in [0.25, 0.3) is 0 Å². The molecule has 5 N–H and O–H groups in total. The van der Waals surface area contributed by atoms with Crippen LogP contribution in [0.5, 0.6) is 0 Å². The topological polar surface area (TPSA) is 123 Å². The van der Waals surface area contributed by atoms with Crippen molar-refractivity contribution >= 4 is 17.7 Å². The van der Waals surface area contributed by atoms with Crippen molar-refractivity contribution in [2.75, 3.05) is 0 Å². The number of carbonyl (C=O) groups excluding carboxylic acids is 2. The fraction of sp³-hybridized carbons (Fsp3) is 0.857. The number of Topliss-reactive ketones (excluding diaryl/α,β-unsaturated/α-hetero) is 1.